The van der Waals surface area contributed by atoms with Crippen LogP contribution in [0.3, 0.4) is 0 Å². The number of aryl methyl sites for hydroxylation is 1. The zero-order valence-electron chi connectivity index (χ0n) is 18.9. The molecule has 0 unspecified atom stereocenters. The summed E-state index contributed by atoms with van der Waals surface area (Å²) in [5, 5.41) is 10.5. The third-order valence-electron chi connectivity index (χ3n) is 7.42. The molecule has 32 heavy (non-hydrogen) atoms. The van der Waals surface area contributed by atoms with E-state index in [1.807, 2.05) is 18.3 Å². The van der Waals surface area contributed by atoms with Crippen molar-refractivity contribution in [1.29, 1.82) is 0 Å². The van der Waals surface area contributed by atoms with Gasteiger partial charge < -0.3 is 14.8 Å². The lowest BCUT2D eigenvalue weighted by molar-refractivity contribution is 0.0696. The number of aromatic nitrogens is 1. The highest BCUT2D eigenvalue weighted by Gasteiger charge is 2.34. The predicted octanol–water partition coefficient (Wildman–Crippen LogP) is 5.94. The van der Waals surface area contributed by atoms with Crippen LogP contribution in [0.4, 0.5) is 0 Å². The van der Waals surface area contributed by atoms with Crippen LogP contribution in [0.2, 0.25) is 0 Å². The van der Waals surface area contributed by atoms with Crippen molar-refractivity contribution in [2.24, 2.45) is 11.8 Å². The van der Waals surface area contributed by atoms with Gasteiger partial charge in [-0.3, -0.25) is 4.90 Å². The predicted molar refractivity (Wildman–Crippen MR) is 126 cm³/mol. The molecular formula is C27H32N2O3. The second-order valence-corrected chi connectivity index (χ2v) is 9.62. The summed E-state index contributed by atoms with van der Waals surface area (Å²) in [6, 6.07) is 12.1. The van der Waals surface area contributed by atoms with E-state index in [1.54, 1.807) is 19.2 Å². The van der Waals surface area contributed by atoms with Crippen LogP contribution in [-0.2, 0) is 6.54 Å². The quantitative estimate of drug-likeness (QED) is 0.485. The van der Waals surface area contributed by atoms with Crippen molar-refractivity contribution in [3.63, 3.8) is 0 Å². The molecule has 2 fully saturated rings. The van der Waals surface area contributed by atoms with Gasteiger partial charge in [0.05, 0.1) is 12.7 Å². The van der Waals surface area contributed by atoms with Crippen LogP contribution >= 0.6 is 0 Å². The van der Waals surface area contributed by atoms with Gasteiger partial charge in [0.15, 0.2) is 0 Å². The third-order valence-corrected chi connectivity index (χ3v) is 7.42. The molecule has 5 heteroatoms. The first-order valence-corrected chi connectivity index (χ1v) is 11.7. The summed E-state index contributed by atoms with van der Waals surface area (Å²) in [4.78, 5) is 17.3. The molecule has 2 atom stereocenters. The maximum absolute atomic E-state index is 11.3. The molecule has 2 aliphatic rings. The van der Waals surface area contributed by atoms with Gasteiger partial charge in [0.25, 0.3) is 0 Å². The number of fused-ring (bicyclic) bond motifs is 1. The molecular weight excluding hydrogens is 400 g/mol. The fourth-order valence-corrected chi connectivity index (χ4v) is 5.49. The number of rotatable bonds is 7. The number of piperidine rings is 1. The monoisotopic (exact) mass is 432 g/mol. The number of carboxylic acid groups (broad SMARTS) is 1. The van der Waals surface area contributed by atoms with Gasteiger partial charge in [-0.15, -0.1) is 0 Å². The largest absolute Gasteiger partial charge is 0.496 e. The van der Waals surface area contributed by atoms with Crippen molar-refractivity contribution >= 4 is 16.9 Å². The molecule has 0 spiro atoms. The van der Waals surface area contributed by atoms with Gasteiger partial charge in [0, 0.05) is 35.2 Å². The minimum atomic E-state index is -0.872. The normalized spacial score (nSPS) is 21.7. The number of nitrogens with one attached hydrogen (secondary N) is 1. The van der Waals surface area contributed by atoms with Crippen molar-refractivity contribution in [3.8, 4) is 5.75 Å². The minimum absolute atomic E-state index is 0.287. The molecule has 1 saturated carbocycles. The summed E-state index contributed by atoms with van der Waals surface area (Å²) >= 11 is 0. The lowest BCUT2D eigenvalue weighted by atomic mass is 9.83. The fraction of sp³-hybridized carbons (Fsp3) is 0.444. The highest BCUT2D eigenvalue weighted by Crippen LogP contribution is 2.44. The van der Waals surface area contributed by atoms with Gasteiger partial charge in [-0.25, -0.2) is 4.79 Å². The number of H-pyrrole nitrogens is 1. The van der Waals surface area contributed by atoms with Crippen LogP contribution in [0.5, 0.6) is 5.75 Å². The van der Waals surface area contributed by atoms with E-state index < -0.39 is 5.97 Å². The first-order valence-electron chi connectivity index (χ1n) is 11.7. The molecule has 0 radical (unpaired) electrons. The van der Waals surface area contributed by atoms with E-state index in [0.29, 0.717) is 5.56 Å². The molecule has 1 aromatic heterocycles. The van der Waals surface area contributed by atoms with E-state index in [0.717, 1.165) is 37.1 Å². The van der Waals surface area contributed by atoms with E-state index in [1.165, 1.54) is 53.3 Å². The van der Waals surface area contributed by atoms with Crippen LogP contribution in [0.1, 0.15) is 65.2 Å². The number of carboxylic acids is 1. The molecule has 168 valence electrons. The SMILES string of the molecule is COc1cc(C)c2[nH]ccc2c1CN1CC[C@@H](CC2CC2)C[C@H]1c1ccc(C(=O)O)cc1. The number of hydrogen-bond donors (Lipinski definition) is 2. The van der Waals surface area contributed by atoms with Gasteiger partial charge in [-0.2, -0.15) is 0 Å². The molecule has 0 bridgehead atoms. The molecule has 1 aliphatic carbocycles. The molecule has 2 heterocycles. The standard InChI is InChI=1S/C27H32N2O3/c1-17-13-25(32-2)23(22-9-11-28-26(17)22)16-29-12-10-19(14-18-3-4-18)15-24(29)20-5-7-21(8-6-20)27(30)31/h5-9,11,13,18-19,24,28H,3-4,10,12,14-16H2,1-2H3,(H,30,31)/t19-,24-/m0/s1. The van der Waals surface area contributed by atoms with E-state index in [4.69, 9.17) is 4.74 Å². The molecule has 5 nitrogen and oxygen atoms in total. The summed E-state index contributed by atoms with van der Waals surface area (Å²) < 4.78 is 5.80. The molecule has 0 amide bonds. The van der Waals surface area contributed by atoms with Crippen LogP contribution in [0, 0.1) is 18.8 Å². The Kier molecular flexibility index (Phi) is 5.68. The smallest absolute Gasteiger partial charge is 0.335 e. The summed E-state index contributed by atoms with van der Waals surface area (Å²) in [6.07, 6.45) is 8.49. The van der Waals surface area contributed by atoms with Gasteiger partial charge in [-0.05, 0) is 80.0 Å². The molecule has 1 aliphatic heterocycles. The first-order chi connectivity index (χ1) is 15.5. The number of ether oxygens (including phenoxy) is 1. The number of nitrogens with zero attached hydrogens (tertiary/aromatic N) is 1. The Bertz CT molecular complexity index is 1110. The van der Waals surface area contributed by atoms with Crippen LogP contribution in [0.15, 0.2) is 42.6 Å². The second-order valence-electron chi connectivity index (χ2n) is 9.62. The summed E-state index contributed by atoms with van der Waals surface area (Å²) in [5.74, 6) is 1.74. The average molecular weight is 433 g/mol. The molecule has 3 aromatic rings. The molecule has 2 N–H and O–H groups in total. The summed E-state index contributed by atoms with van der Waals surface area (Å²) in [6.45, 7) is 3.98. The average Bonchev–Trinajstić information content (AvgIpc) is 3.47. The fourth-order valence-electron chi connectivity index (χ4n) is 5.49. The topological polar surface area (TPSA) is 65.6 Å². The second kappa shape index (κ2) is 8.62. The van der Waals surface area contributed by atoms with E-state index >= 15 is 0 Å². The highest BCUT2D eigenvalue weighted by atomic mass is 16.5. The Balaban J connectivity index is 1.47. The Morgan fingerprint density at radius 2 is 1.94 bits per heavy atom. The first kappa shape index (κ1) is 21.1. The molecule has 1 saturated heterocycles. The van der Waals surface area contributed by atoms with E-state index in [9.17, 15) is 9.90 Å². The Morgan fingerprint density at radius 1 is 1.16 bits per heavy atom. The molecule has 5 rings (SSSR count). The van der Waals surface area contributed by atoms with Crippen LogP contribution in [-0.4, -0.2) is 34.6 Å². The maximum Gasteiger partial charge on any atom is 0.335 e. The third kappa shape index (κ3) is 4.14. The van der Waals surface area contributed by atoms with Gasteiger partial charge >= 0.3 is 5.97 Å². The number of hydrogen-bond acceptors (Lipinski definition) is 3. The summed E-state index contributed by atoms with van der Waals surface area (Å²) in [7, 11) is 1.75. The number of methoxy groups -OCH3 is 1. The number of likely N-dealkylation sites (tertiary alicyclic amines) is 1. The Morgan fingerprint density at radius 3 is 2.62 bits per heavy atom. The van der Waals surface area contributed by atoms with Crippen molar-refractivity contribution in [2.45, 2.75) is 51.6 Å². The van der Waals surface area contributed by atoms with Crippen molar-refractivity contribution in [3.05, 3.63) is 64.8 Å². The van der Waals surface area contributed by atoms with Crippen LogP contribution in [0.25, 0.3) is 10.9 Å². The lowest BCUT2D eigenvalue weighted by Crippen LogP contribution is -2.36. The lowest BCUT2D eigenvalue weighted by Gasteiger charge is -2.40. The minimum Gasteiger partial charge on any atom is -0.496 e. The van der Waals surface area contributed by atoms with Crippen molar-refractivity contribution < 1.29 is 14.6 Å². The number of aromatic carboxylic acids is 1. The van der Waals surface area contributed by atoms with Crippen molar-refractivity contribution in [1.82, 2.24) is 9.88 Å². The number of benzene rings is 2. The zero-order chi connectivity index (χ0) is 22.2. The van der Waals surface area contributed by atoms with E-state index in [2.05, 4.69) is 28.9 Å². The number of carbonyl (C=O) groups is 1. The zero-order valence-corrected chi connectivity index (χ0v) is 18.9. The Hall–Kier alpha value is -2.79. The van der Waals surface area contributed by atoms with E-state index in [-0.39, 0.29) is 6.04 Å². The van der Waals surface area contributed by atoms with Gasteiger partial charge in [0.2, 0.25) is 0 Å². The summed E-state index contributed by atoms with van der Waals surface area (Å²) in [5.41, 5.74) is 5.15. The number of aromatic amines is 1. The van der Waals surface area contributed by atoms with Crippen molar-refractivity contribution in [2.75, 3.05) is 13.7 Å². The van der Waals surface area contributed by atoms with Crippen LogP contribution < -0.4 is 4.74 Å². The molecule has 2 aromatic carbocycles. The van der Waals surface area contributed by atoms with Gasteiger partial charge in [0.1, 0.15) is 5.75 Å². The highest BCUT2D eigenvalue weighted by molar-refractivity contribution is 5.88. The maximum atomic E-state index is 11.3. The van der Waals surface area contributed by atoms with Gasteiger partial charge in [-0.1, -0.05) is 25.0 Å². The Labute approximate surface area is 189 Å².